The molecule has 2 rings (SSSR count). The van der Waals surface area contributed by atoms with Crippen molar-refractivity contribution in [1.29, 1.82) is 0 Å². The molecule has 0 fully saturated rings. The first-order valence-corrected chi connectivity index (χ1v) is 4.26. The van der Waals surface area contributed by atoms with Gasteiger partial charge in [0.25, 0.3) is 5.78 Å². The molecule has 8 nitrogen and oxygen atoms in total. The van der Waals surface area contributed by atoms with Crippen molar-refractivity contribution in [3.8, 4) is 0 Å². The van der Waals surface area contributed by atoms with Crippen molar-refractivity contribution in [2.45, 2.75) is 6.42 Å². The predicted octanol–water partition coefficient (Wildman–Crippen LogP) is 0.377. The van der Waals surface area contributed by atoms with E-state index in [1.807, 2.05) is 0 Å². The Labute approximate surface area is 108 Å². The van der Waals surface area contributed by atoms with Crippen molar-refractivity contribution >= 4 is 36.3 Å². The van der Waals surface area contributed by atoms with Gasteiger partial charge in [-0.3, -0.25) is 10.1 Å². The van der Waals surface area contributed by atoms with Gasteiger partial charge < -0.3 is 5.73 Å². The van der Waals surface area contributed by atoms with Gasteiger partial charge in [0.05, 0.1) is 4.92 Å². The van der Waals surface area contributed by atoms with Crippen molar-refractivity contribution < 1.29 is 4.92 Å². The van der Waals surface area contributed by atoms with Crippen molar-refractivity contribution in [2.24, 2.45) is 5.73 Å². The van der Waals surface area contributed by atoms with Crippen LogP contribution in [0, 0.1) is 10.1 Å². The summed E-state index contributed by atoms with van der Waals surface area (Å²) in [6.07, 6.45) is 2.95. The number of fused-ring (bicyclic) bond motifs is 1. The minimum atomic E-state index is -0.531. The normalized spacial score (nSPS) is 9.47. The van der Waals surface area contributed by atoms with Gasteiger partial charge in [-0.25, -0.2) is 4.98 Å². The standard InChI is InChI=1S/C7H8N6O2.2ClH/c8-2-1-6-10-7-9-3-5(13(14)15)4-12(7)11-6;;/h3-4H,1-2,8H2;2*1H. The van der Waals surface area contributed by atoms with Crippen LogP contribution in [0.15, 0.2) is 12.4 Å². The van der Waals surface area contributed by atoms with Gasteiger partial charge in [-0.15, -0.1) is 29.9 Å². The van der Waals surface area contributed by atoms with E-state index in [4.69, 9.17) is 5.73 Å². The molecule has 2 N–H and O–H groups in total. The number of nitro groups is 1. The molecule has 0 atom stereocenters. The topological polar surface area (TPSA) is 112 Å². The summed E-state index contributed by atoms with van der Waals surface area (Å²) in [6.45, 7) is 0.430. The molecule has 0 saturated carbocycles. The van der Waals surface area contributed by atoms with Gasteiger partial charge in [-0.05, 0) is 6.54 Å². The molecule has 0 aromatic carbocycles. The molecular weight excluding hydrogens is 271 g/mol. The van der Waals surface area contributed by atoms with Crippen LogP contribution < -0.4 is 5.73 Å². The van der Waals surface area contributed by atoms with Gasteiger partial charge in [0.2, 0.25) is 0 Å². The predicted molar refractivity (Wildman–Crippen MR) is 64.7 cm³/mol. The summed E-state index contributed by atoms with van der Waals surface area (Å²) in [5.74, 6) is 0.870. The third-order valence-corrected chi connectivity index (χ3v) is 1.80. The van der Waals surface area contributed by atoms with Crippen LogP contribution in [0.3, 0.4) is 0 Å². The lowest BCUT2D eigenvalue weighted by Crippen LogP contribution is -2.04. The summed E-state index contributed by atoms with van der Waals surface area (Å²) in [6, 6.07) is 0. The first kappa shape index (κ1) is 15.5. The van der Waals surface area contributed by atoms with Crippen molar-refractivity contribution in [1.82, 2.24) is 19.6 Å². The Hall–Kier alpha value is -1.51. The Balaban J connectivity index is 0.00000128. The van der Waals surface area contributed by atoms with Crippen molar-refractivity contribution in [3.05, 3.63) is 28.3 Å². The van der Waals surface area contributed by atoms with Crippen LogP contribution in [0.2, 0.25) is 0 Å². The summed E-state index contributed by atoms with van der Waals surface area (Å²) >= 11 is 0. The number of halogens is 2. The molecule has 0 spiro atoms. The Morgan fingerprint density at radius 2 is 2.18 bits per heavy atom. The molecule has 10 heteroatoms. The molecule has 0 aliphatic rings. The molecule has 94 valence electrons. The zero-order chi connectivity index (χ0) is 10.8. The Morgan fingerprint density at radius 1 is 1.47 bits per heavy atom. The van der Waals surface area contributed by atoms with E-state index in [1.165, 1.54) is 10.7 Å². The fraction of sp³-hybridized carbons (Fsp3) is 0.286. The molecule has 2 heterocycles. The van der Waals surface area contributed by atoms with E-state index < -0.39 is 4.92 Å². The molecule has 0 radical (unpaired) electrons. The molecule has 2 aromatic heterocycles. The molecule has 0 aliphatic carbocycles. The minimum Gasteiger partial charge on any atom is -0.330 e. The molecule has 0 unspecified atom stereocenters. The average molecular weight is 281 g/mol. The smallest absolute Gasteiger partial charge is 0.305 e. The quantitative estimate of drug-likeness (QED) is 0.642. The van der Waals surface area contributed by atoms with Crippen molar-refractivity contribution in [3.63, 3.8) is 0 Å². The first-order chi connectivity index (χ1) is 7.20. The summed E-state index contributed by atoms with van der Waals surface area (Å²) in [7, 11) is 0. The van der Waals surface area contributed by atoms with Crippen LogP contribution in [0.1, 0.15) is 5.82 Å². The third kappa shape index (κ3) is 3.22. The number of hydrogen-bond acceptors (Lipinski definition) is 6. The minimum absolute atomic E-state index is 0. The second kappa shape index (κ2) is 6.28. The average Bonchev–Trinajstić information content (AvgIpc) is 2.59. The number of rotatable bonds is 3. The van der Waals surface area contributed by atoms with E-state index in [0.29, 0.717) is 24.6 Å². The Kier molecular flexibility index (Phi) is 5.72. The Bertz CT molecular complexity index is 516. The second-order valence-electron chi connectivity index (χ2n) is 2.88. The van der Waals surface area contributed by atoms with Gasteiger partial charge in [-0.2, -0.15) is 9.50 Å². The maximum Gasteiger partial charge on any atom is 0.305 e. The van der Waals surface area contributed by atoms with E-state index in [1.54, 1.807) is 0 Å². The largest absolute Gasteiger partial charge is 0.330 e. The highest BCUT2D eigenvalue weighted by molar-refractivity contribution is 5.85. The zero-order valence-electron chi connectivity index (χ0n) is 8.52. The highest BCUT2D eigenvalue weighted by Crippen LogP contribution is 2.08. The second-order valence-corrected chi connectivity index (χ2v) is 2.88. The highest BCUT2D eigenvalue weighted by Gasteiger charge is 2.10. The fourth-order valence-corrected chi connectivity index (χ4v) is 1.14. The number of nitrogens with two attached hydrogens (primary N) is 1. The summed E-state index contributed by atoms with van der Waals surface area (Å²) < 4.78 is 1.28. The monoisotopic (exact) mass is 280 g/mol. The van der Waals surface area contributed by atoms with E-state index in [0.717, 1.165) is 6.20 Å². The molecule has 0 bridgehead atoms. The van der Waals surface area contributed by atoms with Gasteiger partial charge >= 0.3 is 5.69 Å². The van der Waals surface area contributed by atoms with Crippen LogP contribution in [0.5, 0.6) is 0 Å². The van der Waals surface area contributed by atoms with E-state index in [-0.39, 0.29) is 30.5 Å². The lowest BCUT2D eigenvalue weighted by atomic mass is 10.4. The molecular formula is C7H10Cl2N6O2. The lowest BCUT2D eigenvalue weighted by Gasteiger charge is -1.90. The summed E-state index contributed by atoms with van der Waals surface area (Å²) in [5, 5.41) is 14.5. The van der Waals surface area contributed by atoms with E-state index in [2.05, 4.69) is 15.1 Å². The molecule has 2 aromatic rings. The van der Waals surface area contributed by atoms with Crippen LogP contribution in [0.25, 0.3) is 5.78 Å². The first-order valence-electron chi connectivity index (χ1n) is 4.26. The maximum atomic E-state index is 10.5. The number of hydrogen-bond donors (Lipinski definition) is 1. The number of aromatic nitrogens is 4. The van der Waals surface area contributed by atoms with Crippen molar-refractivity contribution in [2.75, 3.05) is 6.54 Å². The molecule has 0 aliphatic heterocycles. The summed E-state index contributed by atoms with van der Waals surface area (Å²) in [4.78, 5) is 17.8. The SMILES string of the molecule is Cl.Cl.NCCc1nc2ncc([N+](=O)[O-])cn2n1. The highest BCUT2D eigenvalue weighted by atomic mass is 35.5. The van der Waals surface area contributed by atoms with Gasteiger partial charge in [0, 0.05) is 6.42 Å². The Morgan fingerprint density at radius 3 is 2.76 bits per heavy atom. The van der Waals surface area contributed by atoms with E-state index in [9.17, 15) is 10.1 Å². The van der Waals surface area contributed by atoms with Crippen LogP contribution in [0.4, 0.5) is 5.69 Å². The maximum absolute atomic E-state index is 10.5. The van der Waals surface area contributed by atoms with Crippen LogP contribution >= 0.6 is 24.8 Å². The van der Waals surface area contributed by atoms with Gasteiger partial charge in [0.15, 0.2) is 5.82 Å². The lowest BCUT2D eigenvalue weighted by molar-refractivity contribution is -0.385. The number of nitrogens with zero attached hydrogens (tertiary/aromatic N) is 5. The summed E-state index contributed by atoms with van der Waals surface area (Å²) in [5.41, 5.74) is 5.22. The third-order valence-electron chi connectivity index (χ3n) is 1.80. The molecule has 17 heavy (non-hydrogen) atoms. The van der Waals surface area contributed by atoms with Gasteiger partial charge in [0.1, 0.15) is 12.4 Å². The van der Waals surface area contributed by atoms with Gasteiger partial charge in [-0.1, -0.05) is 0 Å². The molecule has 0 saturated heterocycles. The van der Waals surface area contributed by atoms with E-state index >= 15 is 0 Å². The fourth-order valence-electron chi connectivity index (χ4n) is 1.14. The molecule has 0 amide bonds. The van der Waals surface area contributed by atoms with Crippen LogP contribution in [-0.4, -0.2) is 31.1 Å². The zero-order valence-corrected chi connectivity index (χ0v) is 10.1. The van der Waals surface area contributed by atoms with Crippen LogP contribution in [-0.2, 0) is 6.42 Å².